The number of hydrogen-bond donors (Lipinski definition) is 0. The summed E-state index contributed by atoms with van der Waals surface area (Å²) in [5, 5.41) is 5.10. The molecule has 0 saturated carbocycles. The molecule has 0 spiro atoms. The largest absolute Gasteiger partial charge is 0.360 e. The lowest BCUT2D eigenvalue weighted by molar-refractivity contribution is 0.378. The molecule has 2 nitrogen and oxygen atoms in total. The van der Waals surface area contributed by atoms with E-state index < -0.39 is 0 Å². The maximum absolute atomic E-state index is 5.23. The van der Waals surface area contributed by atoms with Crippen LogP contribution in [0, 0.1) is 0 Å². The van der Waals surface area contributed by atoms with E-state index in [1.54, 1.807) is 0 Å². The minimum atomic E-state index is 0.400. The van der Waals surface area contributed by atoms with E-state index in [2.05, 4.69) is 19.0 Å². The highest BCUT2D eigenvalue weighted by Crippen LogP contribution is 2.24. The number of rotatable bonds is 1. The fourth-order valence-corrected chi connectivity index (χ4v) is 1.33. The molecule has 0 atom stereocenters. The van der Waals surface area contributed by atoms with Crippen molar-refractivity contribution < 1.29 is 4.52 Å². The average Bonchev–Trinajstić information content (AvgIpc) is 2.64. The van der Waals surface area contributed by atoms with Gasteiger partial charge in [-0.3, -0.25) is 0 Å². The molecule has 0 fully saturated rings. The van der Waals surface area contributed by atoms with Gasteiger partial charge in [-0.25, -0.2) is 0 Å². The van der Waals surface area contributed by atoms with Crippen molar-refractivity contribution in [1.29, 1.82) is 0 Å². The van der Waals surface area contributed by atoms with Gasteiger partial charge in [-0.1, -0.05) is 45.0 Å². The third-order valence-electron chi connectivity index (χ3n) is 1.94. The topological polar surface area (TPSA) is 26.0 Å². The molecule has 0 saturated heterocycles. The van der Waals surface area contributed by atoms with Crippen LogP contribution in [-0.4, -0.2) is 5.16 Å². The lowest BCUT2D eigenvalue weighted by Gasteiger charge is -1.96. The van der Waals surface area contributed by atoms with Crippen molar-refractivity contribution in [3.8, 4) is 0 Å². The Morgan fingerprint density at radius 1 is 1.14 bits per heavy atom. The van der Waals surface area contributed by atoms with Crippen LogP contribution in [0.2, 0.25) is 0 Å². The fourth-order valence-electron chi connectivity index (χ4n) is 1.33. The van der Waals surface area contributed by atoms with Crippen molar-refractivity contribution in [2.75, 3.05) is 0 Å². The predicted molar refractivity (Wildman–Crippen MR) is 59.4 cm³/mol. The molecule has 2 aromatic rings. The zero-order valence-electron chi connectivity index (χ0n) is 9.24. The molecule has 1 aromatic heterocycles. The van der Waals surface area contributed by atoms with Gasteiger partial charge in [0, 0.05) is 11.3 Å². The third kappa shape index (κ3) is 1.95. The molecule has 0 amide bonds. The van der Waals surface area contributed by atoms with Gasteiger partial charge in [-0.05, 0) is 12.1 Å². The van der Waals surface area contributed by atoms with E-state index in [-0.39, 0.29) is 0 Å². The van der Waals surface area contributed by atoms with Crippen LogP contribution in [0.15, 0.2) is 28.8 Å². The van der Waals surface area contributed by atoms with Crippen LogP contribution < -0.4 is 0 Å². The molecule has 0 unspecified atom stereocenters. The first-order chi connectivity index (χ1) is 6.79. The van der Waals surface area contributed by atoms with Gasteiger partial charge in [0.05, 0.1) is 0 Å². The quantitative estimate of drug-likeness (QED) is 0.681. The lowest BCUT2D eigenvalue weighted by atomic mass is 10.1. The highest BCUT2D eigenvalue weighted by atomic mass is 16.5. The smallest absolute Gasteiger partial charge is 0.147 e. The Bertz CT molecular complexity index is 390. The molecule has 0 bridgehead atoms. The van der Waals surface area contributed by atoms with E-state index in [1.807, 2.05) is 38.1 Å². The molecule has 0 radical (unpaired) electrons. The molecule has 1 aromatic carbocycles. The zero-order valence-corrected chi connectivity index (χ0v) is 9.24. The van der Waals surface area contributed by atoms with Crippen LogP contribution in [0.1, 0.15) is 39.4 Å². The second-order valence-corrected chi connectivity index (χ2v) is 3.22. The van der Waals surface area contributed by atoms with Crippen molar-refractivity contribution in [3.05, 3.63) is 30.0 Å². The van der Waals surface area contributed by atoms with E-state index in [9.17, 15) is 0 Å². The number of aromatic nitrogens is 1. The van der Waals surface area contributed by atoms with Gasteiger partial charge < -0.3 is 4.52 Å². The molecule has 76 valence electrons. The second kappa shape index (κ2) is 4.80. The van der Waals surface area contributed by atoms with Crippen LogP contribution >= 0.6 is 0 Å². The van der Waals surface area contributed by atoms with Crippen molar-refractivity contribution in [1.82, 2.24) is 5.16 Å². The molecular weight excluding hydrogens is 174 g/mol. The first-order valence-corrected chi connectivity index (χ1v) is 5.13. The minimum absolute atomic E-state index is 0.400. The highest BCUT2D eigenvalue weighted by Gasteiger charge is 2.09. The molecule has 0 aliphatic carbocycles. The van der Waals surface area contributed by atoms with Crippen LogP contribution in [0.4, 0.5) is 0 Å². The molecule has 0 aliphatic rings. The average molecular weight is 191 g/mol. The Hall–Kier alpha value is -1.31. The Morgan fingerprint density at radius 3 is 2.43 bits per heavy atom. The third-order valence-corrected chi connectivity index (χ3v) is 1.94. The Morgan fingerprint density at radius 2 is 1.79 bits per heavy atom. The summed E-state index contributed by atoms with van der Waals surface area (Å²) in [6.45, 7) is 8.21. The summed E-state index contributed by atoms with van der Waals surface area (Å²) in [7, 11) is 0. The maximum atomic E-state index is 5.23. The molecule has 0 aliphatic heterocycles. The van der Waals surface area contributed by atoms with Crippen LogP contribution in [0.5, 0.6) is 0 Å². The molecule has 1 heterocycles. The second-order valence-electron chi connectivity index (χ2n) is 3.22. The molecule has 0 N–H and O–H groups in total. The molecule has 14 heavy (non-hydrogen) atoms. The van der Waals surface area contributed by atoms with Crippen molar-refractivity contribution in [3.63, 3.8) is 0 Å². The van der Waals surface area contributed by atoms with Crippen LogP contribution in [0.25, 0.3) is 10.9 Å². The number of fused-ring (bicyclic) bond motifs is 1. The van der Waals surface area contributed by atoms with Gasteiger partial charge in [0.15, 0.2) is 0 Å². The zero-order chi connectivity index (χ0) is 10.6. The fraction of sp³-hybridized carbons (Fsp3) is 0.417. The SMILES string of the molecule is CC.CC(C)c1onc2ccccc12. The van der Waals surface area contributed by atoms with Crippen molar-refractivity contribution in [2.45, 2.75) is 33.6 Å². The first kappa shape index (κ1) is 10.8. The summed E-state index contributed by atoms with van der Waals surface area (Å²) in [4.78, 5) is 0. The number of hydrogen-bond acceptors (Lipinski definition) is 2. The predicted octanol–water partition coefficient (Wildman–Crippen LogP) is 3.98. The van der Waals surface area contributed by atoms with Crippen LogP contribution in [-0.2, 0) is 0 Å². The van der Waals surface area contributed by atoms with E-state index in [0.29, 0.717) is 5.92 Å². The number of nitrogens with zero attached hydrogens (tertiary/aromatic N) is 1. The summed E-state index contributed by atoms with van der Waals surface area (Å²) in [5.41, 5.74) is 0.946. The minimum Gasteiger partial charge on any atom is -0.360 e. The summed E-state index contributed by atoms with van der Waals surface area (Å²) in [6, 6.07) is 7.98. The van der Waals surface area contributed by atoms with E-state index in [4.69, 9.17) is 4.52 Å². The number of benzene rings is 1. The summed E-state index contributed by atoms with van der Waals surface area (Å²) in [6.07, 6.45) is 0. The van der Waals surface area contributed by atoms with E-state index in [0.717, 1.165) is 16.7 Å². The van der Waals surface area contributed by atoms with Gasteiger partial charge in [-0.15, -0.1) is 0 Å². The molecular formula is C12H17NO. The normalized spacial score (nSPS) is 10.1. The lowest BCUT2D eigenvalue weighted by Crippen LogP contribution is -1.82. The Labute approximate surface area is 84.9 Å². The first-order valence-electron chi connectivity index (χ1n) is 5.13. The Balaban J connectivity index is 0.000000461. The van der Waals surface area contributed by atoms with Crippen molar-refractivity contribution in [2.24, 2.45) is 0 Å². The maximum Gasteiger partial charge on any atom is 0.147 e. The summed E-state index contributed by atoms with van der Waals surface area (Å²) >= 11 is 0. The van der Waals surface area contributed by atoms with Gasteiger partial charge in [0.1, 0.15) is 11.3 Å². The summed E-state index contributed by atoms with van der Waals surface area (Å²) in [5.74, 6) is 1.38. The van der Waals surface area contributed by atoms with Gasteiger partial charge in [0.25, 0.3) is 0 Å². The summed E-state index contributed by atoms with van der Waals surface area (Å²) < 4.78 is 5.23. The van der Waals surface area contributed by atoms with Crippen LogP contribution in [0.3, 0.4) is 0 Å². The standard InChI is InChI=1S/C10H11NO.C2H6/c1-7(2)10-8-5-3-4-6-9(8)11-12-10;1-2/h3-7H,1-2H3;1-2H3. The van der Waals surface area contributed by atoms with Gasteiger partial charge in [-0.2, -0.15) is 0 Å². The van der Waals surface area contributed by atoms with E-state index >= 15 is 0 Å². The van der Waals surface area contributed by atoms with Crippen molar-refractivity contribution >= 4 is 10.9 Å². The van der Waals surface area contributed by atoms with Gasteiger partial charge in [0.2, 0.25) is 0 Å². The Kier molecular flexibility index (Phi) is 3.69. The monoisotopic (exact) mass is 191 g/mol. The van der Waals surface area contributed by atoms with E-state index in [1.165, 1.54) is 0 Å². The molecule has 2 heteroatoms. The van der Waals surface area contributed by atoms with Gasteiger partial charge >= 0.3 is 0 Å². The highest BCUT2D eigenvalue weighted by molar-refractivity contribution is 5.80. The molecule has 2 rings (SSSR count).